The van der Waals surface area contributed by atoms with Crippen LogP contribution in [0.3, 0.4) is 0 Å². The van der Waals surface area contributed by atoms with Crippen LogP contribution in [0.2, 0.25) is 0 Å². The van der Waals surface area contributed by atoms with Gasteiger partial charge in [-0.3, -0.25) is 9.78 Å². The molecule has 9 heavy (non-hydrogen) atoms. The SMILES string of the molecule is O=c1ccn(Cl)c(=S)[nH]1. The Hall–Kier alpha value is -0.610. The van der Waals surface area contributed by atoms with Gasteiger partial charge in [0.2, 0.25) is 0 Å². The van der Waals surface area contributed by atoms with Crippen molar-refractivity contribution in [2.24, 2.45) is 0 Å². The van der Waals surface area contributed by atoms with Crippen LogP contribution in [0, 0.1) is 4.77 Å². The second-order valence-corrected chi connectivity index (χ2v) is 2.17. The minimum Gasteiger partial charge on any atom is -0.298 e. The first kappa shape index (κ1) is 6.51. The summed E-state index contributed by atoms with van der Waals surface area (Å²) in [6, 6.07) is 1.29. The maximum Gasteiger partial charge on any atom is 0.251 e. The molecule has 1 rings (SSSR count). The molecular formula is C4H3ClN2OS. The van der Waals surface area contributed by atoms with Crippen molar-refractivity contribution >= 4 is 24.0 Å². The van der Waals surface area contributed by atoms with E-state index in [0.29, 0.717) is 0 Å². The number of nitrogens with zero attached hydrogens (tertiary/aromatic N) is 1. The summed E-state index contributed by atoms with van der Waals surface area (Å²) in [5, 5.41) is 0. The molecular weight excluding hydrogens is 160 g/mol. The molecule has 0 aliphatic heterocycles. The summed E-state index contributed by atoms with van der Waals surface area (Å²) in [7, 11) is 0. The van der Waals surface area contributed by atoms with Crippen molar-refractivity contribution in [1.82, 2.24) is 9.07 Å². The molecule has 0 atom stereocenters. The van der Waals surface area contributed by atoms with Gasteiger partial charge in [-0.2, -0.15) is 0 Å². The second kappa shape index (κ2) is 2.33. The van der Waals surface area contributed by atoms with E-state index in [4.69, 9.17) is 11.8 Å². The molecule has 5 heteroatoms. The predicted octanol–water partition coefficient (Wildman–Crippen LogP) is 0.908. The van der Waals surface area contributed by atoms with Gasteiger partial charge in [-0.1, -0.05) is 0 Å². The van der Waals surface area contributed by atoms with Crippen molar-refractivity contribution in [3.05, 3.63) is 27.4 Å². The lowest BCUT2D eigenvalue weighted by atomic mass is 10.7. The summed E-state index contributed by atoms with van der Waals surface area (Å²) in [6.07, 6.45) is 1.39. The molecule has 0 amide bonds. The second-order valence-electron chi connectivity index (χ2n) is 1.42. The summed E-state index contributed by atoms with van der Waals surface area (Å²) in [5.74, 6) is 0. The number of hydrogen-bond donors (Lipinski definition) is 1. The van der Waals surface area contributed by atoms with Crippen LogP contribution in [0.4, 0.5) is 0 Å². The van der Waals surface area contributed by atoms with Crippen LogP contribution >= 0.6 is 24.0 Å². The van der Waals surface area contributed by atoms with Crippen LogP contribution in [-0.2, 0) is 0 Å². The van der Waals surface area contributed by atoms with E-state index in [2.05, 4.69) is 17.2 Å². The van der Waals surface area contributed by atoms with E-state index in [1.165, 1.54) is 12.3 Å². The van der Waals surface area contributed by atoms with E-state index in [9.17, 15) is 4.79 Å². The molecule has 1 heterocycles. The smallest absolute Gasteiger partial charge is 0.251 e. The topological polar surface area (TPSA) is 37.8 Å². The number of aromatic nitrogens is 2. The van der Waals surface area contributed by atoms with E-state index in [1.54, 1.807) is 0 Å². The van der Waals surface area contributed by atoms with Gasteiger partial charge in [0, 0.05) is 24.0 Å². The lowest BCUT2D eigenvalue weighted by Crippen LogP contribution is -2.05. The lowest BCUT2D eigenvalue weighted by Gasteiger charge is -1.88. The van der Waals surface area contributed by atoms with Crippen molar-refractivity contribution in [1.29, 1.82) is 0 Å². The zero-order valence-electron chi connectivity index (χ0n) is 4.30. The van der Waals surface area contributed by atoms with Crippen LogP contribution in [0.5, 0.6) is 0 Å². The minimum atomic E-state index is -0.239. The van der Waals surface area contributed by atoms with Crippen LogP contribution in [-0.4, -0.2) is 9.07 Å². The fraction of sp³-hybridized carbons (Fsp3) is 0. The van der Waals surface area contributed by atoms with Crippen LogP contribution in [0.15, 0.2) is 17.1 Å². The zero-order valence-corrected chi connectivity index (χ0v) is 5.87. The molecule has 0 spiro atoms. The zero-order chi connectivity index (χ0) is 6.85. The van der Waals surface area contributed by atoms with Crippen molar-refractivity contribution in [3.8, 4) is 0 Å². The van der Waals surface area contributed by atoms with Gasteiger partial charge >= 0.3 is 0 Å². The van der Waals surface area contributed by atoms with Gasteiger partial charge in [0.25, 0.3) is 5.56 Å². The summed E-state index contributed by atoms with van der Waals surface area (Å²) < 4.78 is 1.35. The average Bonchev–Trinajstić information content (AvgIpc) is 1.80. The molecule has 1 aromatic heterocycles. The summed E-state index contributed by atoms with van der Waals surface area (Å²) >= 11 is 10.0. The maximum absolute atomic E-state index is 10.4. The molecule has 1 N–H and O–H groups in total. The highest BCUT2D eigenvalue weighted by atomic mass is 35.5. The Labute approximate surface area is 61.0 Å². The molecule has 3 nitrogen and oxygen atoms in total. The molecule has 0 unspecified atom stereocenters. The van der Waals surface area contributed by atoms with Gasteiger partial charge in [0.15, 0.2) is 4.77 Å². The predicted molar refractivity (Wildman–Crippen MR) is 37.1 cm³/mol. The third-order valence-electron chi connectivity index (χ3n) is 0.781. The molecule has 48 valence electrons. The third kappa shape index (κ3) is 1.40. The number of halogens is 1. The van der Waals surface area contributed by atoms with E-state index < -0.39 is 0 Å². The number of nitrogens with one attached hydrogen (secondary N) is 1. The fourth-order valence-corrected chi connectivity index (χ4v) is 0.661. The standard InChI is InChI=1S/C4H3ClN2OS/c5-7-2-1-3(8)6-4(7)9/h1-2H,(H,6,8,9). The van der Waals surface area contributed by atoms with E-state index in [-0.39, 0.29) is 10.3 Å². The Morgan fingerprint density at radius 2 is 2.44 bits per heavy atom. The first-order valence-corrected chi connectivity index (χ1v) is 2.93. The Morgan fingerprint density at radius 3 is 2.89 bits per heavy atom. The van der Waals surface area contributed by atoms with Gasteiger partial charge in [-0.15, -0.1) is 0 Å². The Bertz CT molecular complexity index is 315. The third-order valence-corrected chi connectivity index (χ3v) is 1.46. The molecule has 0 aliphatic rings. The van der Waals surface area contributed by atoms with Crippen molar-refractivity contribution < 1.29 is 0 Å². The van der Waals surface area contributed by atoms with Gasteiger partial charge in [-0.05, 0) is 12.2 Å². The van der Waals surface area contributed by atoms with E-state index in [1.807, 2.05) is 0 Å². The largest absolute Gasteiger partial charge is 0.298 e. The molecule has 0 saturated carbocycles. The van der Waals surface area contributed by atoms with Gasteiger partial charge in [-0.25, -0.2) is 4.09 Å². The molecule has 0 aromatic carbocycles. The summed E-state index contributed by atoms with van der Waals surface area (Å²) in [4.78, 5) is 12.8. The van der Waals surface area contributed by atoms with E-state index in [0.717, 1.165) is 4.09 Å². The Morgan fingerprint density at radius 1 is 1.78 bits per heavy atom. The molecule has 0 bridgehead atoms. The van der Waals surface area contributed by atoms with Crippen molar-refractivity contribution in [2.45, 2.75) is 0 Å². The number of rotatable bonds is 0. The minimum absolute atomic E-state index is 0.212. The number of aromatic amines is 1. The molecule has 0 aliphatic carbocycles. The lowest BCUT2D eigenvalue weighted by molar-refractivity contribution is 1.03. The molecule has 0 radical (unpaired) electrons. The first-order valence-electron chi connectivity index (χ1n) is 2.18. The molecule has 1 aromatic rings. The normalized spacial score (nSPS) is 9.44. The monoisotopic (exact) mass is 162 g/mol. The molecule has 0 saturated heterocycles. The van der Waals surface area contributed by atoms with Crippen molar-refractivity contribution in [2.75, 3.05) is 0 Å². The molecule has 0 fully saturated rings. The Balaban J connectivity index is 3.52. The average molecular weight is 163 g/mol. The highest BCUT2D eigenvalue weighted by molar-refractivity contribution is 7.71. The highest BCUT2D eigenvalue weighted by Gasteiger charge is 1.84. The van der Waals surface area contributed by atoms with Crippen LogP contribution in [0.25, 0.3) is 0 Å². The summed E-state index contributed by atoms with van der Waals surface area (Å²) in [6.45, 7) is 0. The number of hydrogen-bond acceptors (Lipinski definition) is 2. The van der Waals surface area contributed by atoms with Crippen LogP contribution < -0.4 is 5.56 Å². The van der Waals surface area contributed by atoms with Crippen molar-refractivity contribution in [3.63, 3.8) is 0 Å². The fourth-order valence-electron chi connectivity index (χ4n) is 0.401. The van der Waals surface area contributed by atoms with Gasteiger partial charge in [0.1, 0.15) is 0 Å². The van der Waals surface area contributed by atoms with E-state index >= 15 is 0 Å². The van der Waals surface area contributed by atoms with Gasteiger partial charge < -0.3 is 0 Å². The maximum atomic E-state index is 10.4. The Kier molecular flexibility index (Phi) is 1.68. The first-order chi connectivity index (χ1) is 4.20. The highest BCUT2D eigenvalue weighted by Crippen LogP contribution is 1.85. The van der Waals surface area contributed by atoms with Gasteiger partial charge in [0.05, 0.1) is 0 Å². The summed E-state index contributed by atoms with van der Waals surface area (Å²) in [5.41, 5.74) is -0.239. The van der Waals surface area contributed by atoms with Crippen LogP contribution in [0.1, 0.15) is 0 Å². The quantitative estimate of drug-likeness (QED) is 0.576. The number of H-pyrrole nitrogens is 1.